The third-order valence-electron chi connectivity index (χ3n) is 3.58. The second kappa shape index (κ2) is 5.48. The lowest BCUT2D eigenvalue weighted by molar-refractivity contribution is 0.0946. The van der Waals surface area contributed by atoms with E-state index >= 15 is 0 Å². The number of benzene rings is 1. The van der Waals surface area contributed by atoms with Crippen LogP contribution in [0, 0.1) is 5.82 Å². The van der Waals surface area contributed by atoms with E-state index in [9.17, 15) is 9.18 Å². The van der Waals surface area contributed by atoms with Crippen molar-refractivity contribution in [2.24, 2.45) is 7.05 Å². The molecular weight excluding hydrogens is 293 g/mol. The molecule has 1 amide bonds. The third kappa shape index (κ3) is 2.93. The van der Waals surface area contributed by atoms with Crippen LogP contribution in [0.1, 0.15) is 40.5 Å². The van der Waals surface area contributed by atoms with Gasteiger partial charge >= 0.3 is 0 Å². The molecule has 6 heteroatoms. The molecule has 1 aliphatic rings. The van der Waals surface area contributed by atoms with E-state index < -0.39 is 11.7 Å². The summed E-state index contributed by atoms with van der Waals surface area (Å²) in [5, 5.41) is 7.12. The first-order valence-corrected chi connectivity index (χ1v) is 7.19. The van der Waals surface area contributed by atoms with Crippen molar-refractivity contribution in [2.45, 2.75) is 25.3 Å². The van der Waals surface area contributed by atoms with Gasteiger partial charge in [0.2, 0.25) is 0 Å². The summed E-state index contributed by atoms with van der Waals surface area (Å²) in [4.78, 5) is 12.0. The summed E-state index contributed by atoms with van der Waals surface area (Å²) < 4.78 is 15.5. The van der Waals surface area contributed by atoms with Crippen LogP contribution in [-0.4, -0.2) is 15.7 Å². The number of nitrogens with zero attached hydrogens (tertiary/aromatic N) is 2. The lowest BCUT2D eigenvalue weighted by Gasteiger charge is -2.06. The standard InChI is InChI=1S/C15H15ClFN3O/c1-20-13(9-5-6-9)7-10(19-20)8-18-15(21)14-11(16)3-2-4-12(14)17/h2-4,7,9H,5-6,8H2,1H3,(H,18,21). The number of halogens is 2. The summed E-state index contributed by atoms with van der Waals surface area (Å²) in [7, 11) is 1.90. The van der Waals surface area contributed by atoms with Gasteiger partial charge in [-0.1, -0.05) is 17.7 Å². The van der Waals surface area contributed by atoms with Crippen molar-refractivity contribution >= 4 is 17.5 Å². The molecule has 1 fully saturated rings. The maximum Gasteiger partial charge on any atom is 0.256 e. The van der Waals surface area contributed by atoms with Crippen LogP contribution >= 0.6 is 11.6 Å². The van der Waals surface area contributed by atoms with Crippen molar-refractivity contribution in [3.63, 3.8) is 0 Å². The zero-order chi connectivity index (χ0) is 15.0. The molecule has 1 aromatic carbocycles. The maximum atomic E-state index is 13.6. The molecule has 4 nitrogen and oxygen atoms in total. The first-order valence-electron chi connectivity index (χ1n) is 6.81. The molecule has 0 saturated heterocycles. The summed E-state index contributed by atoms with van der Waals surface area (Å²) >= 11 is 5.86. The Kier molecular flexibility index (Phi) is 3.68. The van der Waals surface area contributed by atoms with Gasteiger partial charge in [-0.25, -0.2) is 4.39 Å². The second-order valence-corrected chi connectivity index (χ2v) is 5.64. The normalized spacial score (nSPS) is 14.2. The Morgan fingerprint density at radius 1 is 1.52 bits per heavy atom. The highest BCUT2D eigenvalue weighted by molar-refractivity contribution is 6.33. The van der Waals surface area contributed by atoms with Gasteiger partial charge in [-0.15, -0.1) is 0 Å². The number of hydrogen-bond donors (Lipinski definition) is 1. The summed E-state index contributed by atoms with van der Waals surface area (Å²) in [6.45, 7) is 0.254. The summed E-state index contributed by atoms with van der Waals surface area (Å²) in [6.07, 6.45) is 2.38. The molecule has 0 unspecified atom stereocenters. The highest BCUT2D eigenvalue weighted by Crippen LogP contribution is 2.39. The van der Waals surface area contributed by atoms with Crippen LogP contribution in [0.5, 0.6) is 0 Å². The molecule has 110 valence electrons. The van der Waals surface area contributed by atoms with E-state index in [1.165, 1.54) is 36.7 Å². The highest BCUT2D eigenvalue weighted by Gasteiger charge is 2.27. The van der Waals surface area contributed by atoms with Crippen molar-refractivity contribution in [1.29, 1.82) is 0 Å². The van der Waals surface area contributed by atoms with Crippen LogP contribution in [0.25, 0.3) is 0 Å². The van der Waals surface area contributed by atoms with E-state index in [0.29, 0.717) is 5.92 Å². The van der Waals surface area contributed by atoms with Crippen molar-refractivity contribution in [3.05, 3.63) is 52.1 Å². The van der Waals surface area contributed by atoms with Crippen molar-refractivity contribution in [2.75, 3.05) is 0 Å². The molecule has 2 aromatic rings. The van der Waals surface area contributed by atoms with E-state index in [2.05, 4.69) is 10.4 Å². The Balaban J connectivity index is 1.70. The van der Waals surface area contributed by atoms with E-state index in [1.54, 1.807) is 0 Å². The number of amides is 1. The number of aryl methyl sites for hydroxylation is 1. The molecule has 1 heterocycles. The van der Waals surface area contributed by atoms with E-state index in [1.807, 2.05) is 17.8 Å². The maximum absolute atomic E-state index is 13.6. The smallest absolute Gasteiger partial charge is 0.256 e. The van der Waals surface area contributed by atoms with E-state index in [4.69, 9.17) is 11.6 Å². The molecule has 0 radical (unpaired) electrons. The van der Waals surface area contributed by atoms with Crippen molar-refractivity contribution < 1.29 is 9.18 Å². The Morgan fingerprint density at radius 3 is 2.95 bits per heavy atom. The zero-order valence-corrected chi connectivity index (χ0v) is 12.3. The monoisotopic (exact) mass is 307 g/mol. The summed E-state index contributed by atoms with van der Waals surface area (Å²) in [6, 6.07) is 6.16. The SMILES string of the molecule is Cn1nc(CNC(=O)c2c(F)cccc2Cl)cc1C1CC1. The van der Waals surface area contributed by atoms with Crippen molar-refractivity contribution in [1.82, 2.24) is 15.1 Å². The number of aromatic nitrogens is 2. The van der Waals surface area contributed by atoms with Gasteiger partial charge < -0.3 is 5.32 Å². The minimum absolute atomic E-state index is 0.104. The van der Waals surface area contributed by atoms with Crippen LogP contribution in [0.15, 0.2) is 24.3 Å². The Hall–Kier alpha value is -1.88. The third-order valence-corrected chi connectivity index (χ3v) is 3.90. The fourth-order valence-electron chi connectivity index (χ4n) is 2.36. The first-order chi connectivity index (χ1) is 10.1. The number of hydrogen-bond acceptors (Lipinski definition) is 2. The van der Waals surface area contributed by atoms with Gasteiger partial charge in [0.15, 0.2) is 0 Å². The topological polar surface area (TPSA) is 46.9 Å². The minimum Gasteiger partial charge on any atom is -0.346 e. The fraction of sp³-hybridized carbons (Fsp3) is 0.333. The molecule has 0 aliphatic heterocycles. The quantitative estimate of drug-likeness (QED) is 0.944. The molecule has 0 spiro atoms. The number of carbonyl (C=O) groups excluding carboxylic acids is 1. The fourth-order valence-corrected chi connectivity index (χ4v) is 2.61. The second-order valence-electron chi connectivity index (χ2n) is 5.24. The summed E-state index contributed by atoms with van der Waals surface area (Å²) in [5.41, 5.74) is 1.82. The molecule has 1 saturated carbocycles. The number of nitrogens with one attached hydrogen (secondary N) is 1. The number of carbonyl (C=O) groups is 1. The average Bonchev–Trinajstić information content (AvgIpc) is 3.20. The highest BCUT2D eigenvalue weighted by atomic mass is 35.5. The molecule has 3 rings (SSSR count). The predicted octanol–water partition coefficient (Wildman–Crippen LogP) is 3.02. The molecular formula is C15H15ClFN3O. The minimum atomic E-state index is -0.625. The molecule has 21 heavy (non-hydrogen) atoms. The number of rotatable bonds is 4. The Bertz CT molecular complexity index is 674. The van der Waals surface area contributed by atoms with E-state index in [-0.39, 0.29) is 17.1 Å². The van der Waals surface area contributed by atoms with Crippen LogP contribution in [0.3, 0.4) is 0 Å². The molecule has 1 aliphatic carbocycles. The van der Waals surface area contributed by atoms with Gasteiger partial charge in [0.25, 0.3) is 5.91 Å². The van der Waals surface area contributed by atoms with Gasteiger partial charge in [-0.3, -0.25) is 9.48 Å². The average molecular weight is 308 g/mol. The van der Waals surface area contributed by atoms with Gasteiger partial charge in [0, 0.05) is 18.7 Å². The largest absolute Gasteiger partial charge is 0.346 e. The van der Waals surface area contributed by atoms with Crippen LogP contribution in [-0.2, 0) is 13.6 Å². The van der Waals surface area contributed by atoms with Gasteiger partial charge in [-0.05, 0) is 31.0 Å². The van der Waals surface area contributed by atoms with Crippen LogP contribution in [0.2, 0.25) is 5.02 Å². The molecule has 1 aromatic heterocycles. The Labute approximate surface area is 126 Å². The van der Waals surface area contributed by atoms with Crippen LogP contribution in [0.4, 0.5) is 4.39 Å². The van der Waals surface area contributed by atoms with Gasteiger partial charge in [0.1, 0.15) is 5.82 Å². The van der Waals surface area contributed by atoms with E-state index in [0.717, 1.165) is 5.69 Å². The first kappa shape index (κ1) is 14.1. The lowest BCUT2D eigenvalue weighted by atomic mass is 10.2. The summed E-state index contributed by atoms with van der Waals surface area (Å²) in [5.74, 6) is -0.565. The van der Waals surface area contributed by atoms with Gasteiger partial charge in [0.05, 0.1) is 22.8 Å². The molecule has 0 bridgehead atoms. The lowest BCUT2D eigenvalue weighted by Crippen LogP contribution is -2.24. The van der Waals surface area contributed by atoms with Crippen LogP contribution < -0.4 is 5.32 Å². The van der Waals surface area contributed by atoms with Crippen molar-refractivity contribution in [3.8, 4) is 0 Å². The predicted molar refractivity (Wildman–Crippen MR) is 77.8 cm³/mol. The Morgan fingerprint density at radius 2 is 2.29 bits per heavy atom. The molecule has 0 atom stereocenters. The van der Waals surface area contributed by atoms with Gasteiger partial charge in [-0.2, -0.15) is 5.10 Å². The molecule has 1 N–H and O–H groups in total. The zero-order valence-electron chi connectivity index (χ0n) is 11.6.